The van der Waals surface area contributed by atoms with Crippen LogP contribution in [0.15, 0.2) is 19.0 Å². The molecule has 0 spiro atoms. The van der Waals surface area contributed by atoms with Crippen molar-refractivity contribution in [3.8, 4) is 0 Å². The standard InChI is InChI=1S/C10H11IN6O/c1-2-6(18)13-3-4-17-10-7(8(11)16-17)9(12)14-5-15-10/h2,5H,1,3-4H2,(H,13,18)(H2,12,14,15). The number of anilines is 1. The maximum Gasteiger partial charge on any atom is 0.243 e. The van der Waals surface area contributed by atoms with Crippen molar-refractivity contribution in [2.45, 2.75) is 6.54 Å². The van der Waals surface area contributed by atoms with E-state index in [4.69, 9.17) is 5.73 Å². The number of nitrogens with two attached hydrogens (primary N) is 1. The van der Waals surface area contributed by atoms with E-state index in [1.54, 1.807) is 4.68 Å². The van der Waals surface area contributed by atoms with Crippen LogP contribution in [0.1, 0.15) is 0 Å². The van der Waals surface area contributed by atoms with E-state index in [2.05, 4.69) is 49.6 Å². The Morgan fingerprint density at radius 3 is 3.11 bits per heavy atom. The molecule has 0 saturated heterocycles. The summed E-state index contributed by atoms with van der Waals surface area (Å²) >= 11 is 2.08. The van der Waals surface area contributed by atoms with Crippen LogP contribution < -0.4 is 11.1 Å². The fraction of sp³-hybridized carbons (Fsp3) is 0.200. The number of carbonyl (C=O) groups excluding carboxylic acids is 1. The normalized spacial score (nSPS) is 10.5. The van der Waals surface area contributed by atoms with Crippen molar-refractivity contribution in [2.24, 2.45) is 0 Å². The lowest BCUT2D eigenvalue weighted by Crippen LogP contribution is -2.25. The lowest BCUT2D eigenvalue weighted by molar-refractivity contribution is -0.116. The molecule has 7 nitrogen and oxygen atoms in total. The zero-order chi connectivity index (χ0) is 13.1. The number of halogens is 1. The first-order valence-electron chi connectivity index (χ1n) is 5.16. The molecule has 0 aliphatic carbocycles. The molecule has 1 amide bonds. The lowest BCUT2D eigenvalue weighted by atomic mass is 10.4. The number of hydrogen-bond donors (Lipinski definition) is 2. The summed E-state index contributed by atoms with van der Waals surface area (Å²) in [4.78, 5) is 19.1. The molecule has 0 radical (unpaired) electrons. The lowest BCUT2D eigenvalue weighted by Gasteiger charge is -2.03. The van der Waals surface area contributed by atoms with Gasteiger partial charge in [-0.15, -0.1) is 0 Å². The fourth-order valence-corrected chi connectivity index (χ4v) is 2.28. The van der Waals surface area contributed by atoms with Crippen LogP contribution in [0, 0.1) is 3.70 Å². The Morgan fingerprint density at radius 1 is 1.61 bits per heavy atom. The van der Waals surface area contributed by atoms with E-state index in [1.165, 1.54) is 12.4 Å². The maximum atomic E-state index is 11.0. The monoisotopic (exact) mass is 358 g/mol. The van der Waals surface area contributed by atoms with Crippen LogP contribution >= 0.6 is 22.6 Å². The van der Waals surface area contributed by atoms with Gasteiger partial charge in [0.2, 0.25) is 5.91 Å². The summed E-state index contributed by atoms with van der Waals surface area (Å²) in [5, 5.41) is 7.74. The molecule has 0 aliphatic rings. The Hall–Kier alpha value is -1.71. The molecule has 2 rings (SSSR count). The van der Waals surface area contributed by atoms with Crippen molar-refractivity contribution in [1.29, 1.82) is 0 Å². The number of hydrogen-bond acceptors (Lipinski definition) is 5. The van der Waals surface area contributed by atoms with Crippen LogP contribution in [0.4, 0.5) is 5.82 Å². The second-order valence-electron chi connectivity index (χ2n) is 3.47. The third-order valence-electron chi connectivity index (χ3n) is 2.32. The molecule has 0 aromatic carbocycles. The van der Waals surface area contributed by atoms with E-state index >= 15 is 0 Å². The minimum Gasteiger partial charge on any atom is -0.383 e. The predicted molar refractivity (Wildman–Crippen MR) is 75.7 cm³/mol. The highest BCUT2D eigenvalue weighted by molar-refractivity contribution is 14.1. The third kappa shape index (κ3) is 2.42. The summed E-state index contributed by atoms with van der Waals surface area (Å²) in [5.74, 6) is 0.195. The molecule has 0 unspecified atom stereocenters. The molecule has 0 aliphatic heterocycles. The van der Waals surface area contributed by atoms with Crippen molar-refractivity contribution in [3.05, 3.63) is 22.7 Å². The summed E-state index contributed by atoms with van der Waals surface area (Å²) < 4.78 is 2.44. The van der Waals surface area contributed by atoms with Crippen LogP contribution in [0.3, 0.4) is 0 Å². The molecule has 2 aromatic rings. The summed E-state index contributed by atoms with van der Waals surface area (Å²) in [5.41, 5.74) is 6.44. The van der Waals surface area contributed by atoms with Gasteiger partial charge in [-0.25, -0.2) is 14.6 Å². The summed E-state index contributed by atoms with van der Waals surface area (Å²) in [6.07, 6.45) is 2.62. The molecule has 2 heterocycles. The average molecular weight is 358 g/mol. The second-order valence-corrected chi connectivity index (χ2v) is 4.49. The van der Waals surface area contributed by atoms with Crippen molar-refractivity contribution in [2.75, 3.05) is 12.3 Å². The second kappa shape index (κ2) is 5.29. The Bertz CT molecular complexity index is 608. The first-order valence-corrected chi connectivity index (χ1v) is 6.24. The van der Waals surface area contributed by atoms with Crippen LogP contribution in [0.5, 0.6) is 0 Å². The number of nitrogens with one attached hydrogen (secondary N) is 1. The van der Waals surface area contributed by atoms with Gasteiger partial charge in [0.25, 0.3) is 0 Å². The first-order chi connectivity index (χ1) is 8.63. The minimum atomic E-state index is -0.213. The van der Waals surface area contributed by atoms with Gasteiger partial charge in [0.1, 0.15) is 15.8 Å². The molecule has 94 valence electrons. The molecule has 0 atom stereocenters. The smallest absolute Gasteiger partial charge is 0.243 e. The Balaban J connectivity index is 2.22. The molecular formula is C10H11IN6O. The van der Waals surface area contributed by atoms with E-state index < -0.39 is 0 Å². The van der Waals surface area contributed by atoms with Gasteiger partial charge in [-0.3, -0.25) is 4.79 Å². The van der Waals surface area contributed by atoms with Crippen LogP contribution in [0.25, 0.3) is 11.0 Å². The number of fused-ring (bicyclic) bond motifs is 1. The quantitative estimate of drug-likeness (QED) is 0.606. The molecule has 3 N–H and O–H groups in total. The number of rotatable bonds is 4. The van der Waals surface area contributed by atoms with Crippen molar-refractivity contribution >= 4 is 45.3 Å². The van der Waals surface area contributed by atoms with Gasteiger partial charge in [-0.05, 0) is 28.7 Å². The average Bonchev–Trinajstić information content (AvgIpc) is 2.67. The highest BCUT2D eigenvalue weighted by atomic mass is 127. The third-order valence-corrected chi connectivity index (χ3v) is 3.08. The number of carbonyl (C=O) groups is 1. The molecule has 0 fully saturated rings. The molecule has 0 saturated carbocycles. The molecule has 2 aromatic heterocycles. The van der Waals surface area contributed by atoms with Crippen LogP contribution in [0.2, 0.25) is 0 Å². The number of nitrogens with zero attached hydrogens (tertiary/aromatic N) is 4. The van der Waals surface area contributed by atoms with E-state index in [-0.39, 0.29) is 5.91 Å². The molecular weight excluding hydrogens is 347 g/mol. The van der Waals surface area contributed by atoms with Crippen LogP contribution in [-0.2, 0) is 11.3 Å². The van der Waals surface area contributed by atoms with Gasteiger partial charge in [0, 0.05) is 6.54 Å². The largest absolute Gasteiger partial charge is 0.383 e. The fourth-order valence-electron chi connectivity index (χ4n) is 1.50. The van der Waals surface area contributed by atoms with Gasteiger partial charge in [-0.1, -0.05) is 6.58 Å². The molecule has 0 bridgehead atoms. The summed E-state index contributed by atoms with van der Waals surface area (Å²) in [7, 11) is 0. The van der Waals surface area contributed by atoms with Crippen molar-refractivity contribution in [1.82, 2.24) is 25.1 Å². The van der Waals surface area contributed by atoms with E-state index in [1.807, 2.05) is 0 Å². The Kier molecular flexibility index (Phi) is 3.75. The van der Waals surface area contributed by atoms with Gasteiger partial charge >= 0.3 is 0 Å². The minimum absolute atomic E-state index is 0.213. The zero-order valence-electron chi connectivity index (χ0n) is 9.43. The van der Waals surface area contributed by atoms with Gasteiger partial charge < -0.3 is 11.1 Å². The van der Waals surface area contributed by atoms with Gasteiger partial charge in [0.15, 0.2) is 5.65 Å². The van der Waals surface area contributed by atoms with E-state index in [0.29, 0.717) is 24.6 Å². The maximum absolute atomic E-state index is 11.0. The van der Waals surface area contributed by atoms with E-state index in [9.17, 15) is 4.79 Å². The first kappa shape index (κ1) is 12.7. The summed E-state index contributed by atoms with van der Waals surface area (Å²) in [6, 6.07) is 0. The number of aromatic nitrogens is 4. The van der Waals surface area contributed by atoms with Gasteiger partial charge in [0.05, 0.1) is 11.9 Å². The highest BCUT2D eigenvalue weighted by Gasteiger charge is 2.12. The number of nitrogen functional groups attached to an aromatic ring is 1. The topological polar surface area (TPSA) is 98.7 Å². The molecule has 8 heteroatoms. The van der Waals surface area contributed by atoms with E-state index in [0.717, 1.165) is 9.09 Å². The molecule has 18 heavy (non-hydrogen) atoms. The zero-order valence-corrected chi connectivity index (χ0v) is 11.6. The highest BCUT2D eigenvalue weighted by Crippen LogP contribution is 2.21. The van der Waals surface area contributed by atoms with Gasteiger partial charge in [-0.2, -0.15) is 5.10 Å². The van der Waals surface area contributed by atoms with Crippen molar-refractivity contribution in [3.63, 3.8) is 0 Å². The summed E-state index contributed by atoms with van der Waals surface area (Å²) in [6.45, 7) is 4.33. The Labute approximate surface area is 117 Å². The van der Waals surface area contributed by atoms with Crippen molar-refractivity contribution < 1.29 is 4.79 Å². The number of amides is 1. The van der Waals surface area contributed by atoms with Crippen LogP contribution in [-0.4, -0.2) is 32.2 Å². The SMILES string of the molecule is C=CC(=O)NCCn1nc(I)c2c(N)ncnc21. The predicted octanol–water partition coefficient (Wildman–Crippen LogP) is 0.315. The Morgan fingerprint density at radius 2 is 2.39 bits per heavy atom.